The molecular formula is C4H3F6O3. The number of halogens is 6. The lowest BCUT2D eigenvalue weighted by Gasteiger charge is -2.13. The molecular weight excluding hydrogens is 210 g/mol. The van der Waals surface area contributed by atoms with Crippen molar-refractivity contribution in [2.75, 3.05) is 6.61 Å². The highest BCUT2D eigenvalue weighted by Crippen LogP contribution is 2.23. The Kier molecular flexibility index (Phi) is 3.94. The van der Waals surface area contributed by atoms with Gasteiger partial charge in [-0.15, -0.1) is 26.3 Å². The Morgan fingerprint density at radius 3 is 1.77 bits per heavy atom. The fourth-order valence-corrected chi connectivity index (χ4v) is 0.307. The molecule has 0 aromatic heterocycles. The molecule has 0 spiro atoms. The maximum absolute atomic E-state index is 11.2. The molecule has 0 saturated carbocycles. The quantitative estimate of drug-likeness (QED) is 0.728. The van der Waals surface area contributed by atoms with Crippen LogP contribution < -0.4 is 0 Å². The van der Waals surface area contributed by atoms with E-state index in [0.717, 1.165) is 0 Å². The molecule has 0 saturated heterocycles. The average molecular weight is 213 g/mol. The van der Waals surface area contributed by atoms with E-state index < -0.39 is 25.6 Å². The zero-order valence-electron chi connectivity index (χ0n) is 5.74. The molecule has 0 aromatic carbocycles. The normalized spacial score (nSPS) is 13.8. The molecule has 0 fully saturated rings. The van der Waals surface area contributed by atoms with E-state index in [1.165, 1.54) is 0 Å². The van der Waals surface area contributed by atoms with E-state index in [2.05, 4.69) is 9.47 Å². The molecule has 0 rings (SSSR count). The fourth-order valence-electron chi connectivity index (χ4n) is 0.307. The van der Waals surface area contributed by atoms with Crippen LogP contribution in [0.25, 0.3) is 0 Å². The molecule has 0 unspecified atom stereocenters. The second-order valence-electron chi connectivity index (χ2n) is 1.68. The third-order valence-corrected chi connectivity index (χ3v) is 0.593. The van der Waals surface area contributed by atoms with Crippen LogP contribution in [0, 0.1) is 6.29 Å². The summed E-state index contributed by atoms with van der Waals surface area (Å²) in [6, 6.07) is 0. The minimum atomic E-state index is -5.24. The van der Waals surface area contributed by atoms with Crippen molar-refractivity contribution in [2.24, 2.45) is 0 Å². The van der Waals surface area contributed by atoms with Gasteiger partial charge in [0, 0.05) is 0 Å². The predicted octanol–water partition coefficient (Wildman–Crippen LogP) is 1.92. The monoisotopic (exact) mass is 213 g/mol. The maximum atomic E-state index is 11.2. The molecule has 1 radical (unpaired) electrons. The third-order valence-electron chi connectivity index (χ3n) is 0.593. The number of aliphatic hydroxyl groups is 1. The summed E-state index contributed by atoms with van der Waals surface area (Å²) < 4.78 is 72.6. The summed E-state index contributed by atoms with van der Waals surface area (Å²) in [6.45, 7) is -1.72. The molecule has 3 nitrogen and oxygen atoms in total. The van der Waals surface area contributed by atoms with E-state index in [9.17, 15) is 26.3 Å². The summed E-state index contributed by atoms with van der Waals surface area (Å²) in [7, 11) is 0. The molecule has 0 aromatic rings. The average Bonchev–Trinajstić information content (AvgIpc) is 1.78. The van der Waals surface area contributed by atoms with Crippen molar-refractivity contribution in [3.05, 3.63) is 6.29 Å². The van der Waals surface area contributed by atoms with Crippen molar-refractivity contribution in [3.8, 4) is 0 Å². The second kappa shape index (κ2) is 4.11. The first-order valence-corrected chi connectivity index (χ1v) is 2.61. The molecule has 9 heteroatoms. The van der Waals surface area contributed by atoms with E-state index in [0.29, 0.717) is 0 Å². The lowest BCUT2D eigenvalue weighted by molar-refractivity contribution is -0.368. The van der Waals surface area contributed by atoms with E-state index in [4.69, 9.17) is 5.11 Å². The molecule has 0 aliphatic carbocycles. The van der Waals surface area contributed by atoms with E-state index in [-0.39, 0.29) is 0 Å². The Morgan fingerprint density at radius 2 is 1.46 bits per heavy atom. The molecule has 0 heterocycles. The summed E-state index contributed by atoms with van der Waals surface area (Å²) in [5.41, 5.74) is 0. The van der Waals surface area contributed by atoms with Crippen molar-refractivity contribution in [1.29, 1.82) is 0 Å². The van der Waals surface area contributed by atoms with Crippen LogP contribution >= 0.6 is 0 Å². The van der Waals surface area contributed by atoms with Gasteiger partial charge in [-0.3, -0.25) is 9.47 Å². The third kappa shape index (κ3) is 9.37. The first-order chi connectivity index (χ1) is 5.60. The van der Waals surface area contributed by atoms with E-state index in [1.54, 1.807) is 0 Å². The van der Waals surface area contributed by atoms with Crippen molar-refractivity contribution in [2.45, 2.75) is 12.7 Å². The van der Waals surface area contributed by atoms with E-state index >= 15 is 0 Å². The number of aliphatic hydroxyl groups excluding tert-OH is 1. The van der Waals surface area contributed by atoms with Gasteiger partial charge in [0.15, 0.2) is 0 Å². The summed E-state index contributed by atoms with van der Waals surface area (Å²) in [5.74, 6) is 0. The number of ether oxygens (including phenoxy) is 2. The van der Waals surface area contributed by atoms with Gasteiger partial charge in [0.05, 0.1) is 0 Å². The lowest BCUT2D eigenvalue weighted by atomic mass is 10.7. The standard InChI is InChI=1S/C4H3F6O3/c5-3(6,7)12-1-2(11)13-4(8,9)10/h11H,1H2. The number of rotatable bonds is 3. The van der Waals surface area contributed by atoms with Gasteiger partial charge in [-0.2, -0.15) is 0 Å². The van der Waals surface area contributed by atoms with Crippen LogP contribution in [0.1, 0.15) is 0 Å². The lowest BCUT2D eigenvalue weighted by Crippen LogP contribution is -2.24. The molecule has 0 amide bonds. The maximum Gasteiger partial charge on any atom is 0.525 e. The van der Waals surface area contributed by atoms with Gasteiger partial charge in [-0.25, -0.2) is 0 Å². The molecule has 0 atom stereocenters. The molecule has 0 bridgehead atoms. The summed E-state index contributed by atoms with van der Waals surface area (Å²) >= 11 is 0. The van der Waals surface area contributed by atoms with Gasteiger partial charge in [-0.05, 0) is 0 Å². The van der Waals surface area contributed by atoms with Gasteiger partial charge < -0.3 is 5.11 Å². The van der Waals surface area contributed by atoms with Gasteiger partial charge in [0.1, 0.15) is 6.61 Å². The Hall–Kier alpha value is -0.540. The van der Waals surface area contributed by atoms with Crippen LogP contribution in [0.5, 0.6) is 0 Å². The number of alkyl halides is 6. The summed E-state index contributed by atoms with van der Waals surface area (Å²) in [6.07, 6.45) is -12.3. The van der Waals surface area contributed by atoms with Crippen LogP contribution in [-0.4, -0.2) is 24.4 Å². The fraction of sp³-hybridized carbons (Fsp3) is 0.750. The van der Waals surface area contributed by atoms with Crippen molar-refractivity contribution >= 4 is 0 Å². The van der Waals surface area contributed by atoms with Gasteiger partial charge in [-0.1, -0.05) is 0 Å². The highest BCUT2D eigenvalue weighted by molar-refractivity contribution is 4.60. The zero-order valence-corrected chi connectivity index (χ0v) is 5.74. The van der Waals surface area contributed by atoms with Gasteiger partial charge >= 0.3 is 12.7 Å². The Balaban J connectivity index is 3.70. The highest BCUT2D eigenvalue weighted by Gasteiger charge is 2.37. The summed E-state index contributed by atoms with van der Waals surface area (Å²) in [4.78, 5) is 0. The van der Waals surface area contributed by atoms with Crippen LogP contribution in [-0.2, 0) is 9.47 Å². The Morgan fingerprint density at radius 1 is 1.00 bits per heavy atom. The Labute approximate surface area is 67.8 Å². The predicted molar refractivity (Wildman–Crippen MR) is 24.3 cm³/mol. The number of hydrogen-bond acceptors (Lipinski definition) is 3. The molecule has 0 aliphatic heterocycles. The largest absolute Gasteiger partial charge is 0.525 e. The summed E-state index contributed by atoms with van der Waals surface area (Å²) in [5, 5.41) is 8.10. The first-order valence-electron chi connectivity index (χ1n) is 2.61. The van der Waals surface area contributed by atoms with Crippen LogP contribution in [0.3, 0.4) is 0 Å². The van der Waals surface area contributed by atoms with Gasteiger partial charge in [0.2, 0.25) is 0 Å². The van der Waals surface area contributed by atoms with Crippen molar-refractivity contribution in [3.63, 3.8) is 0 Å². The minimum Gasteiger partial charge on any atom is -0.359 e. The minimum absolute atomic E-state index is 1.72. The molecule has 1 N–H and O–H groups in total. The second-order valence-corrected chi connectivity index (χ2v) is 1.68. The smallest absolute Gasteiger partial charge is 0.359 e. The topological polar surface area (TPSA) is 38.7 Å². The van der Waals surface area contributed by atoms with Crippen LogP contribution in [0.2, 0.25) is 0 Å². The highest BCUT2D eigenvalue weighted by atomic mass is 19.4. The molecule has 0 aliphatic rings. The zero-order chi connectivity index (χ0) is 10.7. The number of hydrogen-bond donors (Lipinski definition) is 1. The molecule has 79 valence electrons. The first kappa shape index (κ1) is 12.5. The van der Waals surface area contributed by atoms with Crippen LogP contribution in [0.4, 0.5) is 26.3 Å². The van der Waals surface area contributed by atoms with E-state index in [1.807, 2.05) is 0 Å². The van der Waals surface area contributed by atoms with Crippen LogP contribution in [0.15, 0.2) is 0 Å². The van der Waals surface area contributed by atoms with Crippen molar-refractivity contribution < 1.29 is 40.9 Å². The Bertz CT molecular complexity index is 151. The van der Waals surface area contributed by atoms with Gasteiger partial charge in [0.25, 0.3) is 6.29 Å². The van der Waals surface area contributed by atoms with Crippen molar-refractivity contribution in [1.82, 2.24) is 0 Å². The SMILES string of the molecule is O[C](COC(F)(F)F)OC(F)(F)F. The molecule has 13 heavy (non-hydrogen) atoms.